The van der Waals surface area contributed by atoms with Gasteiger partial charge < -0.3 is 15.7 Å². The molecule has 1 atom stereocenters. The molecule has 0 fully saturated rings. The standard InChI is InChI=1S/C16H22N4O/c1-4-12(17)10-20(3)15-7-8-18-16(19-15)13-9-11(2)5-6-14(13)21/h5-9,12,21H,4,10,17H2,1-3H3/t12-/m1/s1. The minimum atomic E-state index is 0.112. The van der Waals surface area contributed by atoms with Gasteiger partial charge in [0.2, 0.25) is 0 Å². The van der Waals surface area contributed by atoms with E-state index in [0.717, 1.165) is 24.3 Å². The molecule has 1 heterocycles. The molecule has 2 aromatic rings. The number of nitrogens with zero attached hydrogens (tertiary/aromatic N) is 3. The van der Waals surface area contributed by atoms with E-state index in [1.54, 1.807) is 12.3 Å². The molecule has 5 nitrogen and oxygen atoms in total. The number of likely N-dealkylation sites (N-methyl/N-ethyl adjacent to an activating group) is 1. The van der Waals surface area contributed by atoms with Gasteiger partial charge in [0.15, 0.2) is 5.82 Å². The van der Waals surface area contributed by atoms with E-state index >= 15 is 0 Å². The van der Waals surface area contributed by atoms with E-state index in [0.29, 0.717) is 11.4 Å². The summed E-state index contributed by atoms with van der Waals surface area (Å²) in [6, 6.07) is 7.36. The molecule has 0 spiro atoms. The highest BCUT2D eigenvalue weighted by atomic mass is 16.3. The first kappa shape index (κ1) is 15.3. The maximum absolute atomic E-state index is 9.99. The molecule has 0 aliphatic rings. The van der Waals surface area contributed by atoms with Crippen molar-refractivity contribution in [3.05, 3.63) is 36.0 Å². The van der Waals surface area contributed by atoms with Gasteiger partial charge in [0.05, 0.1) is 5.56 Å². The molecule has 0 aliphatic carbocycles. The molecule has 5 heteroatoms. The molecule has 0 unspecified atom stereocenters. The number of anilines is 1. The third kappa shape index (κ3) is 3.70. The second kappa shape index (κ2) is 6.54. The van der Waals surface area contributed by atoms with Crippen LogP contribution in [0.1, 0.15) is 18.9 Å². The summed E-state index contributed by atoms with van der Waals surface area (Å²) in [5, 5.41) is 9.99. The molecule has 0 aliphatic heterocycles. The van der Waals surface area contributed by atoms with Gasteiger partial charge in [-0.1, -0.05) is 18.6 Å². The first-order chi connectivity index (χ1) is 10.0. The summed E-state index contributed by atoms with van der Waals surface area (Å²) in [5.41, 5.74) is 7.68. The molecule has 3 N–H and O–H groups in total. The summed E-state index contributed by atoms with van der Waals surface area (Å²) >= 11 is 0. The number of nitrogens with two attached hydrogens (primary N) is 1. The normalized spacial score (nSPS) is 12.2. The van der Waals surface area contributed by atoms with Crippen LogP contribution in [0.3, 0.4) is 0 Å². The highest BCUT2D eigenvalue weighted by molar-refractivity contribution is 5.65. The zero-order valence-electron chi connectivity index (χ0n) is 12.7. The summed E-state index contributed by atoms with van der Waals surface area (Å²) in [6.45, 7) is 4.76. The third-order valence-electron chi connectivity index (χ3n) is 3.46. The average Bonchev–Trinajstić information content (AvgIpc) is 2.49. The molecule has 1 aromatic carbocycles. The molecule has 0 amide bonds. The lowest BCUT2D eigenvalue weighted by atomic mass is 10.1. The SMILES string of the molecule is CC[C@@H](N)CN(C)c1ccnc(-c2cc(C)ccc2O)n1. The summed E-state index contributed by atoms with van der Waals surface area (Å²) in [6.07, 6.45) is 2.62. The van der Waals surface area contributed by atoms with Crippen molar-refractivity contribution < 1.29 is 5.11 Å². The van der Waals surface area contributed by atoms with Gasteiger partial charge in [-0.25, -0.2) is 9.97 Å². The van der Waals surface area contributed by atoms with E-state index in [-0.39, 0.29) is 11.8 Å². The summed E-state index contributed by atoms with van der Waals surface area (Å²) in [4.78, 5) is 10.8. The Kier molecular flexibility index (Phi) is 4.75. The molecule has 0 saturated heterocycles. The van der Waals surface area contributed by atoms with Gasteiger partial charge in [0.1, 0.15) is 11.6 Å². The fourth-order valence-electron chi connectivity index (χ4n) is 2.09. The number of aromatic nitrogens is 2. The summed E-state index contributed by atoms with van der Waals surface area (Å²) in [7, 11) is 1.96. The highest BCUT2D eigenvalue weighted by Gasteiger charge is 2.11. The molecular weight excluding hydrogens is 264 g/mol. The highest BCUT2D eigenvalue weighted by Crippen LogP contribution is 2.28. The second-order valence-electron chi connectivity index (χ2n) is 5.31. The Morgan fingerprint density at radius 2 is 2.10 bits per heavy atom. The van der Waals surface area contributed by atoms with Crippen LogP contribution in [-0.4, -0.2) is 34.7 Å². The average molecular weight is 286 g/mol. The lowest BCUT2D eigenvalue weighted by Crippen LogP contribution is -2.35. The van der Waals surface area contributed by atoms with Gasteiger partial charge in [0.25, 0.3) is 0 Å². The van der Waals surface area contributed by atoms with E-state index in [4.69, 9.17) is 5.73 Å². The van der Waals surface area contributed by atoms with Gasteiger partial charge in [-0.15, -0.1) is 0 Å². The van der Waals surface area contributed by atoms with E-state index in [9.17, 15) is 5.11 Å². The fourth-order valence-corrected chi connectivity index (χ4v) is 2.09. The molecule has 21 heavy (non-hydrogen) atoms. The Morgan fingerprint density at radius 1 is 1.33 bits per heavy atom. The van der Waals surface area contributed by atoms with Crippen LogP contribution < -0.4 is 10.6 Å². The number of benzene rings is 1. The van der Waals surface area contributed by atoms with E-state index in [2.05, 4.69) is 16.9 Å². The fraction of sp³-hybridized carbons (Fsp3) is 0.375. The molecule has 0 bridgehead atoms. The largest absolute Gasteiger partial charge is 0.507 e. The lowest BCUT2D eigenvalue weighted by Gasteiger charge is -2.21. The Hall–Kier alpha value is -2.14. The van der Waals surface area contributed by atoms with Crippen molar-refractivity contribution in [3.8, 4) is 17.1 Å². The molecule has 2 rings (SSSR count). The number of hydrogen-bond donors (Lipinski definition) is 2. The Bertz CT molecular complexity index is 615. The van der Waals surface area contributed by atoms with Crippen LogP contribution in [-0.2, 0) is 0 Å². The van der Waals surface area contributed by atoms with Crippen LogP contribution in [0.4, 0.5) is 5.82 Å². The Balaban J connectivity index is 2.31. The van der Waals surface area contributed by atoms with Crippen molar-refractivity contribution in [1.82, 2.24) is 9.97 Å². The molecule has 1 aromatic heterocycles. The second-order valence-corrected chi connectivity index (χ2v) is 5.31. The van der Waals surface area contributed by atoms with E-state index in [1.807, 2.05) is 37.1 Å². The number of phenols is 1. The zero-order chi connectivity index (χ0) is 15.4. The van der Waals surface area contributed by atoms with Crippen molar-refractivity contribution in [1.29, 1.82) is 0 Å². The lowest BCUT2D eigenvalue weighted by molar-refractivity contribution is 0.476. The Labute approximate surface area is 125 Å². The minimum Gasteiger partial charge on any atom is -0.507 e. The van der Waals surface area contributed by atoms with Crippen LogP contribution >= 0.6 is 0 Å². The van der Waals surface area contributed by atoms with Gasteiger partial charge in [-0.2, -0.15) is 0 Å². The van der Waals surface area contributed by atoms with Crippen molar-refractivity contribution in [2.45, 2.75) is 26.3 Å². The Morgan fingerprint density at radius 3 is 2.81 bits per heavy atom. The molecule has 0 saturated carbocycles. The molecular formula is C16H22N4O. The van der Waals surface area contributed by atoms with E-state index in [1.165, 1.54) is 0 Å². The molecule has 0 radical (unpaired) electrons. The van der Waals surface area contributed by atoms with Crippen LogP contribution in [0.5, 0.6) is 5.75 Å². The number of aromatic hydroxyl groups is 1. The summed E-state index contributed by atoms with van der Waals surface area (Å²) in [5.74, 6) is 1.50. The number of aryl methyl sites for hydroxylation is 1. The zero-order valence-corrected chi connectivity index (χ0v) is 12.7. The van der Waals surface area contributed by atoms with Crippen molar-refractivity contribution in [2.24, 2.45) is 5.73 Å². The number of hydrogen-bond acceptors (Lipinski definition) is 5. The molecule has 112 valence electrons. The van der Waals surface area contributed by atoms with Gasteiger partial charge in [-0.05, 0) is 31.5 Å². The van der Waals surface area contributed by atoms with Crippen LogP contribution in [0.15, 0.2) is 30.5 Å². The quantitative estimate of drug-likeness (QED) is 0.882. The maximum atomic E-state index is 9.99. The van der Waals surface area contributed by atoms with Crippen molar-refractivity contribution in [3.63, 3.8) is 0 Å². The predicted octanol–water partition coefficient (Wildman–Crippen LogP) is 2.33. The van der Waals surface area contributed by atoms with Crippen LogP contribution in [0, 0.1) is 6.92 Å². The summed E-state index contributed by atoms with van der Waals surface area (Å²) < 4.78 is 0. The van der Waals surface area contributed by atoms with Crippen molar-refractivity contribution >= 4 is 5.82 Å². The van der Waals surface area contributed by atoms with Crippen molar-refractivity contribution in [2.75, 3.05) is 18.5 Å². The third-order valence-corrected chi connectivity index (χ3v) is 3.46. The predicted molar refractivity (Wildman–Crippen MR) is 85.4 cm³/mol. The first-order valence-electron chi connectivity index (χ1n) is 7.11. The first-order valence-corrected chi connectivity index (χ1v) is 7.11. The smallest absolute Gasteiger partial charge is 0.165 e. The van der Waals surface area contributed by atoms with Crippen LogP contribution in [0.25, 0.3) is 11.4 Å². The van der Waals surface area contributed by atoms with E-state index < -0.39 is 0 Å². The minimum absolute atomic E-state index is 0.112. The van der Waals surface area contributed by atoms with Crippen LogP contribution in [0.2, 0.25) is 0 Å². The topological polar surface area (TPSA) is 75.3 Å². The van der Waals surface area contributed by atoms with Gasteiger partial charge in [0, 0.05) is 25.8 Å². The number of rotatable bonds is 5. The van der Waals surface area contributed by atoms with Gasteiger partial charge >= 0.3 is 0 Å². The number of phenolic OH excluding ortho intramolecular Hbond substituents is 1. The van der Waals surface area contributed by atoms with Gasteiger partial charge in [-0.3, -0.25) is 0 Å². The maximum Gasteiger partial charge on any atom is 0.165 e. The monoisotopic (exact) mass is 286 g/mol.